The van der Waals surface area contributed by atoms with Crippen LogP contribution in [0.4, 0.5) is 8.78 Å². The second-order valence-electron chi connectivity index (χ2n) is 6.14. The smallest absolute Gasteiger partial charge is 0.261 e. The molecule has 0 unspecified atom stereocenters. The summed E-state index contributed by atoms with van der Waals surface area (Å²) in [6.45, 7) is 2.66. The van der Waals surface area contributed by atoms with Crippen molar-refractivity contribution in [3.05, 3.63) is 57.8 Å². The first-order chi connectivity index (χ1) is 11.6. The van der Waals surface area contributed by atoms with E-state index in [0.29, 0.717) is 29.4 Å². The van der Waals surface area contributed by atoms with Crippen LogP contribution in [0.3, 0.4) is 0 Å². The van der Waals surface area contributed by atoms with Crippen molar-refractivity contribution >= 4 is 17.2 Å². The number of hydrogen-bond donors (Lipinski definition) is 1. The summed E-state index contributed by atoms with van der Waals surface area (Å²) < 4.78 is 27.1. The van der Waals surface area contributed by atoms with Crippen LogP contribution in [0.5, 0.6) is 0 Å². The van der Waals surface area contributed by atoms with E-state index in [1.165, 1.54) is 17.4 Å². The fourth-order valence-corrected chi connectivity index (χ4v) is 3.74. The van der Waals surface area contributed by atoms with E-state index < -0.39 is 11.6 Å². The van der Waals surface area contributed by atoms with Crippen molar-refractivity contribution in [3.63, 3.8) is 0 Å². The minimum Gasteiger partial charge on any atom is -0.351 e. The van der Waals surface area contributed by atoms with E-state index in [2.05, 4.69) is 10.2 Å². The summed E-state index contributed by atoms with van der Waals surface area (Å²) in [7, 11) is 0. The van der Waals surface area contributed by atoms with Crippen LogP contribution < -0.4 is 5.32 Å². The molecule has 1 aliphatic heterocycles. The monoisotopic (exact) mass is 350 g/mol. The summed E-state index contributed by atoms with van der Waals surface area (Å²) in [6.07, 6.45) is 2.03. The number of halogens is 2. The molecule has 128 valence electrons. The van der Waals surface area contributed by atoms with Gasteiger partial charge in [0.15, 0.2) is 11.6 Å². The number of thiophene rings is 1. The van der Waals surface area contributed by atoms with Crippen molar-refractivity contribution in [3.8, 4) is 0 Å². The van der Waals surface area contributed by atoms with Gasteiger partial charge in [-0.1, -0.05) is 18.2 Å². The predicted molar refractivity (Wildman–Crippen MR) is 91.0 cm³/mol. The van der Waals surface area contributed by atoms with Gasteiger partial charge in [0.1, 0.15) is 0 Å². The lowest BCUT2D eigenvalue weighted by Crippen LogP contribution is -2.40. The third-order valence-corrected chi connectivity index (χ3v) is 5.19. The Labute approximate surface area is 144 Å². The van der Waals surface area contributed by atoms with Gasteiger partial charge >= 0.3 is 0 Å². The van der Waals surface area contributed by atoms with Gasteiger partial charge in [0.25, 0.3) is 5.91 Å². The molecule has 3 rings (SSSR count). The third-order valence-electron chi connectivity index (χ3n) is 4.32. The lowest BCUT2D eigenvalue weighted by Gasteiger charge is -2.32. The van der Waals surface area contributed by atoms with Gasteiger partial charge in [-0.25, -0.2) is 8.78 Å². The Balaban J connectivity index is 1.52. The zero-order chi connectivity index (χ0) is 16.9. The van der Waals surface area contributed by atoms with Gasteiger partial charge in [-0.15, -0.1) is 11.3 Å². The van der Waals surface area contributed by atoms with Crippen LogP contribution in [0.25, 0.3) is 0 Å². The average Bonchev–Trinajstić information content (AvgIpc) is 3.12. The highest BCUT2D eigenvalue weighted by atomic mass is 32.1. The van der Waals surface area contributed by atoms with E-state index in [1.54, 1.807) is 12.1 Å². The molecule has 1 N–H and O–H groups in total. The second-order valence-corrected chi connectivity index (χ2v) is 7.09. The Morgan fingerprint density at radius 1 is 1.29 bits per heavy atom. The number of amides is 1. The molecule has 0 bridgehead atoms. The summed E-state index contributed by atoms with van der Waals surface area (Å²) in [5.74, 6) is -1.27. The van der Waals surface area contributed by atoms with Crippen LogP contribution in [0, 0.1) is 17.6 Å². The standard InChI is InChI=1S/C18H20F2N2OS/c19-15-6-1-5-14(17(15)20)12-22-8-2-4-13(11-22)10-21-18(23)16-7-3-9-24-16/h1,3,5-7,9,13H,2,4,8,10-12H2,(H,21,23)/t13-/m0/s1. The largest absolute Gasteiger partial charge is 0.351 e. The van der Waals surface area contributed by atoms with Gasteiger partial charge in [0, 0.05) is 25.2 Å². The van der Waals surface area contributed by atoms with Gasteiger partial charge in [-0.2, -0.15) is 0 Å². The fraction of sp³-hybridized carbons (Fsp3) is 0.389. The Hall–Kier alpha value is -1.79. The summed E-state index contributed by atoms with van der Waals surface area (Å²) >= 11 is 1.42. The first-order valence-electron chi connectivity index (χ1n) is 8.10. The Bertz CT molecular complexity index is 690. The van der Waals surface area contributed by atoms with Gasteiger partial charge < -0.3 is 5.32 Å². The minimum atomic E-state index is -0.802. The highest BCUT2D eigenvalue weighted by Gasteiger charge is 2.22. The van der Waals surface area contributed by atoms with Crippen molar-refractivity contribution in [1.82, 2.24) is 10.2 Å². The molecule has 0 spiro atoms. The molecule has 1 fully saturated rings. The molecule has 6 heteroatoms. The van der Waals surface area contributed by atoms with Crippen LogP contribution in [-0.4, -0.2) is 30.4 Å². The van der Waals surface area contributed by atoms with Crippen LogP contribution >= 0.6 is 11.3 Å². The molecular formula is C18H20F2N2OS. The maximum atomic E-state index is 13.8. The molecule has 0 saturated carbocycles. The number of benzene rings is 1. The van der Waals surface area contributed by atoms with Gasteiger partial charge in [0.2, 0.25) is 0 Å². The lowest BCUT2D eigenvalue weighted by molar-refractivity contribution is 0.0934. The number of likely N-dealkylation sites (tertiary alicyclic amines) is 1. The summed E-state index contributed by atoms with van der Waals surface area (Å²) in [6, 6.07) is 7.96. The molecule has 1 atom stereocenters. The minimum absolute atomic E-state index is 0.0432. The van der Waals surface area contributed by atoms with Crippen LogP contribution in [0.1, 0.15) is 28.1 Å². The lowest BCUT2D eigenvalue weighted by atomic mass is 9.97. The van der Waals surface area contributed by atoms with Crippen molar-refractivity contribution < 1.29 is 13.6 Å². The molecule has 1 aliphatic rings. The molecule has 1 aromatic heterocycles. The Morgan fingerprint density at radius 3 is 2.96 bits per heavy atom. The molecule has 0 radical (unpaired) electrons. The van der Waals surface area contributed by atoms with E-state index in [4.69, 9.17) is 0 Å². The van der Waals surface area contributed by atoms with E-state index in [0.717, 1.165) is 32.0 Å². The molecule has 3 nitrogen and oxygen atoms in total. The topological polar surface area (TPSA) is 32.3 Å². The second kappa shape index (κ2) is 7.85. The number of carbonyl (C=O) groups excluding carboxylic acids is 1. The first kappa shape index (κ1) is 17.0. The number of carbonyl (C=O) groups is 1. The van der Waals surface area contributed by atoms with Crippen molar-refractivity contribution in [1.29, 1.82) is 0 Å². The number of nitrogens with one attached hydrogen (secondary N) is 1. The van der Waals surface area contributed by atoms with Gasteiger partial charge in [-0.3, -0.25) is 9.69 Å². The summed E-state index contributed by atoms with van der Waals surface area (Å²) in [4.78, 5) is 14.8. The normalized spacial score (nSPS) is 18.5. The van der Waals surface area contributed by atoms with E-state index in [-0.39, 0.29) is 5.91 Å². The molecule has 0 aliphatic carbocycles. The molecule has 1 aromatic carbocycles. The number of nitrogens with zero attached hydrogens (tertiary/aromatic N) is 1. The maximum Gasteiger partial charge on any atom is 0.261 e. The Morgan fingerprint density at radius 2 is 2.17 bits per heavy atom. The molecule has 2 heterocycles. The zero-order valence-corrected chi connectivity index (χ0v) is 14.1. The highest BCUT2D eigenvalue weighted by Crippen LogP contribution is 2.20. The van der Waals surface area contributed by atoms with Crippen molar-refractivity contribution in [2.24, 2.45) is 5.92 Å². The van der Waals surface area contributed by atoms with Crippen LogP contribution in [0.15, 0.2) is 35.7 Å². The fourth-order valence-electron chi connectivity index (χ4n) is 3.10. The first-order valence-corrected chi connectivity index (χ1v) is 8.98. The van der Waals surface area contributed by atoms with Crippen molar-refractivity contribution in [2.45, 2.75) is 19.4 Å². The zero-order valence-electron chi connectivity index (χ0n) is 13.3. The van der Waals surface area contributed by atoms with Gasteiger partial charge in [-0.05, 0) is 42.8 Å². The maximum absolute atomic E-state index is 13.8. The quantitative estimate of drug-likeness (QED) is 0.892. The molecule has 24 heavy (non-hydrogen) atoms. The molecule has 2 aromatic rings. The average molecular weight is 350 g/mol. The Kier molecular flexibility index (Phi) is 5.58. The molecular weight excluding hydrogens is 330 g/mol. The summed E-state index contributed by atoms with van der Waals surface area (Å²) in [5, 5.41) is 4.85. The molecule has 1 saturated heterocycles. The van der Waals surface area contributed by atoms with Crippen molar-refractivity contribution in [2.75, 3.05) is 19.6 Å². The van der Waals surface area contributed by atoms with Crippen LogP contribution in [-0.2, 0) is 6.54 Å². The summed E-state index contributed by atoms with van der Waals surface area (Å²) in [5.41, 5.74) is 0.387. The predicted octanol–water partition coefficient (Wildman–Crippen LogP) is 3.67. The number of piperidine rings is 1. The van der Waals surface area contributed by atoms with E-state index in [1.807, 2.05) is 11.4 Å². The van der Waals surface area contributed by atoms with E-state index in [9.17, 15) is 13.6 Å². The van der Waals surface area contributed by atoms with E-state index >= 15 is 0 Å². The SMILES string of the molecule is O=C(NC[C@@H]1CCCN(Cc2cccc(F)c2F)C1)c1cccs1. The highest BCUT2D eigenvalue weighted by molar-refractivity contribution is 7.12. The number of hydrogen-bond acceptors (Lipinski definition) is 3. The van der Waals surface area contributed by atoms with Gasteiger partial charge in [0.05, 0.1) is 4.88 Å². The third kappa shape index (κ3) is 4.19. The number of rotatable bonds is 5. The molecule has 1 amide bonds. The van der Waals surface area contributed by atoms with Crippen LogP contribution in [0.2, 0.25) is 0 Å².